The number of benzene rings is 2. The Kier molecular flexibility index (Phi) is 4.39. The number of anilines is 1. The number of hydrazine groups is 1. The quantitative estimate of drug-likeness (QED) is 0.447. The highest BCUT2D eigenvalue weighted by Crippen LogP contribution is 2.29. The Bertz CT molecular complexity index is 894. The lowest BCUT2D eigenvalue weighted by atomic mass is 9.95. The maximum Gasteiger partial charge on any atom is 0.352 e. The second-order valence-corrected chi connectivity index (χ2v) is 5.43. The van der Waals surface area contributed by atoms with E-state index in [0.29, 0.717) is 12.4 Å². The third-order valence-corrected chi connectivity index (χ3v) is 3.95. The van der Waals surface area contributed by atoms with Crippen molar-refractivity contribution >= 4 is 5.95 Å². The zero-order chi connectivity index (χ0) is 17.1. The Morgan fingerprint density at radius 2 is 1.67 bits per heavy atom. The molecule has 24 heavy (non-hydrogen) atoms. The highest BCUT2D eigenvalue weighted by atomic mass is 16.1. The number of nitrogens with one attached hydrogen (secondary N) is 1. The molecule has 1 heterocycles. The molecule has 0 fully saturated rings. The number of hydrogen-bond donors (Lipinski definition) is 2. The highest BCUT2D eigenvalue weighted by molar-refractivity contribution is 5.75. The molecular formula is C18H19N5O. The third kappa shape index (κ3) is 2.91. The fourth-order valence-corrected chi connectivity index (χ4v) is 2.47. The van der Waals surface area contributed by atoms with Crippen molar-refractivity contribution in [1.82, 2.24) is 14.5 Å². The van der Waals surface area contributed by atoms with Gasteiger partial charge in [-0.3, -0.25) is 9.99 Å². The highest BCUT2D eigenvalue weighted by Gasteiger charge is 2.12. The van der Waals surface area contributed by atoms with Gasteiger partial charge in [0, 0.05) is 12.1 Å². The number of rotatable bonds is 3. The Morgan fingerprint density at radius 1 is 1.04 bits per heavy atom. The molecule has 0 atom stereocenters. The molecule has 0 aliphatic heterocycles. The van der Waals surface area contributed by atoms with Gasteiger partial charge in [0.25, 0.3) is 0 Å². The van der Waals surface area contributed by atoms with E-state index in [9.17, 15) is 4.79 Å². The van der Waals surface area contributed by atoms with Crippen LogP contribution in [0, 0.1) is 6.92 Å². The van der Waals surface area contributed by atoms with Gasteiger partial charge in [-0.05, 0) is 30.5 Å². The van der Waals surface area contributed by atoms with Crippen molar-refractivity contribution in [2.45, 2.75) is 20.4 Å². The van der Waals surface area contributed by atoms with Gasteiger partial charge in [-0.15, -0.1) is 0 Å². The molecule has 0 unspecified atom stereocenters. The summed E-state index contributed by atoms with van der Waals surface area (Å²) in [6, 6.07) is 16.2. The van der Waals surface area contributed by atoms with Gasteiger partial charge in [0.05, 0.1) is 0 Å². The van der Waals surface area contributed by atoms with E-state index in [0.717, 1.165) is 11.1 Å². The van der Waals surface area contributed by atoms with E-state index in [4.69, 9.17) is 5.84 Å². The summed E-state index contributed by atoms with van der Waals surface area (Å²) in [5, 5.41) is 0. The van der Waals surface area contributed by atoms with Gasteiger partial charge in [0.1, 0.15) is 5.82 Å². The van der Waals surface area contributed by atoms with Gasteiger partial charge >= 0.3 is 5.69 Å². The van der Waals surface area contributed by atoms with Gasteiger partial charge in [-0.1, -0.05) is 48.5 Å². The van der Waals surface area contributed by atoms with E-state index in [1.54, 1.807) is 0 Å². The Morgan fingerprint density at radius 3 is 2.12 bits per heavy atom. The first-order valence-corrected chi connectivity index (χ1v) is 7.76. The molecule has 2 aliphatic carbocycles. The molecule has 0 saturated heterocycles. The molecule has 2 aliphatic rings. The standard InChI is InChI=1S/C12H15N5O.C6H4/c1-3-17-10(9-7-5-4-6-8(9)2)14-11(16-13)15-12(17)18;1-2-6-4-3-5(1)6/h4-7H,3,13H2,1-2H3,(H,15,16,18);1-4H. The van der Waals surface area contributed by atoms with Gasteiger partial charge in [-0.2, -0.15) is 9.97 Å². The molecule has 3 N–H and O–H groups in total. The van der Waals surface area contributed by atoms with Crippen LogP contribution in [0.2, 0.25) is 0 Å². The summed E-state index contributed by atoms with van der Waals surface area (Å²) >= 11 is 0. The predicted molar refractivity (Wildman–Crippen MR) is 95.4 cm³/mol. The van der Waals surface area contributed by atoms with Gasteiger partial charge < -0.3 is 0 Å². The van der Waals surface area contributed by atoms with Crippen LogP contribution in [-0.4, -0.2) is 14.5 Å². The summed E-state index contributed by atoms with van der Waals surface area (Å²) in [6.45, 7) is 4.35. The van der Waals surface area contributed by atoms with Gasteiger partial charge in [0.2, 0.25) is 5.95 Å². The second-order valence-electron chi connectivity index (χ2n) is 5.43. The molecule has 6 heteroatoms. The Labute approximate surface area is 140 Å². The van der Waals surface area contributed by atoms with E-state index >= 15 is 0 Å². The van der Waals surface area contributed by atoms with Crippen molar-refractivity contribution in [3.05, 3.63) is 64.6 Å². The first-order chi connectivity index (χ1) is 11.6. The maximum atomic E-state index is 11.9. The van der Waals surface area contributed by atoms with Crippen molar-refractivity contribution in [3.63, 3.8) is 0 Å². The van der Waals surface area contributed by atoms with Crippen LogP contribution in [0.4, 0.5) is 5.95 Å². The largest absolute Gasteiger partial charge is 0.352 e. The number of nitrogens with zero attached hydrogens (tertiary/aromatic N) is 3. The van der Waals surface area contributed by atoms with Crippen LogP contribution in [0.1, 0.15) is 12.5 Å². The lowest BCUT2D eigenvalue weighted by Crippen LogP contribution is -2.28. The van der Waals surface area contributed by atoms with E-state index in [-0.39, 0.29) is 11.6 Å². The number of fused-ring (bicyclic) bond motifs is 1. The predicted octanol–water partition coefficient (Wildman–Crippen LogP) is 2.59. The lowest BCUT2D eigenvalue weighted by molar-refractivity contribution is 0.686. The molecule has 0 bridgehead atoms. The van der Waals surface area contributed by atoms with Crippen LogP contribution in [0.5, 0.6) is 0 Å². The SMILES string of the molecule is CCn1c(-c2ccccc2C)nc(NN)nc1=O.c1cc2ccc1-2. The van der Waals surface area contributed by atoms with E-state index in [1.807, 2.05) is 38.1 Å². The monoisotopic (exact) mass is 321 g/mol. The summed E-state index contributed by atoms with van der Waals surface area (Å²) in [7, 11) is 0. The van der Waals surface area contributed by atoms with Crippen LogP contribution in [0.15, 0.2) is 53.3 Å². The van der Waals surface area contributed by atoms with E-state index in [2.05, 4.69) is 39.7 Å². The summed E-state index contributed by atoms with van der Waals surface area (Å²) in [5.41, 5.74) is 6.74. The average molecular weight is 321 g/mol. The Balaban J connectivity index is 0.000000231. The summed E-state index contributed by atoms with van der Waals surface area (Å²) in [5.74, 6) is 5.97. The molecule has 4 rings (SSSR count). The average Bonchev–Trinajstić information content (AvgIpc) is 2.58. The Hall–Kier alpha value is -2.99. The fraction of sp³-hybridized carbons (Fsp3) is 0.167. The summed E-state index contributed by atoms with van der Waals surface area (Å²) in [4.78, 5) is 19.9. The smallest absolute Gasteiger partial charge is 0.292 e. The molecule has 122 valence electrons. The molecule has 1 aromatic heterocycles. The lowest BCUT2D eigenvalue weighted by Gasteiger charge is -2.12. The fourth-order valence-electron chi connectivity index (χ4n) is 2.47. The molecule has 1 aromatic carbocycles. The molecule has 0 radical (unpaired) electrons. The van der Waals surface area contributed by atoms with E-state index < -0.39 is 0 Å². The topological polar surface area (TPSA) is 85.8 Å². The molecule has 0 saturated carbocycles. The summed E-state index contributed by atoms with van der Waals surface area (Å²) in [6.07, 6.45) is 0. The molecule has 6 nitrogen and oxygen atoms in total. The third-order valence-electron chi connectivity index (χ3n) is 3.95. The molecule has 2 aromatic rings. The van der Waals surface area contributed by atoms with Crippen molar-refractivity contribution in [1.29, 1.82) is 0 Å². The van der Waals surface area contributed by atoms with Gasteiger partial charge in [0.15, 0.2) is 0 Å². The van der Waals surface area contributed by atoms with Crippen LogP contribution in [-0.2, 0) is 6.54 Å². The minimum atomic E-state index is -0.362. The normalized spacial score (nSPS) is 10.6. The van der Waals surface area contributed by atoms with Crippen molar-refractivity contribution in [2.75, 3.05) is 5.43 Å². The first kappa shape index (κ1) is 15.9. The minimum Gasteiger partial charge on any atom is -0.292 e. The van der Waals surface area contributed by atoms with Gasteiger partial charge in [-0.25, -0.2) is 10.6 Å². The zero-order valence-electron chi connectivity index (χ0n) is 13.7. The van der Waals surface area contributed by atoms with E-state index in [1.165, 1.54) is 15.7 Å². The number of nitrogens with two attached hydrogens (primary N) is 1. The van der Waals surface area contributed by atoms with Crippen LogP contribution in [0.3, 0.4) is 0 Å². The second kappa shape index (κ2) is 6.64. The number of aryl methyl sites for hydroxylation is 1. The molecule has 0 spiro atoms. The van der Waals surface area contributed by atoms with Crippen molar-refractivity contribution < 1.29 is 0 Å². The molecular weight excluding hydrogens is 302 g/mol. The number of hydrogen-bond acceptors (Lipinski definition) is 5. The van der Waals surface area contributed by atoms with Crippen LogP contribution < -0.4 is 17.0 Å². The first-order valence-electron chi connectivity index (χ1n) is 7.76. The maximum absolute atomic E-state index is 11.9. The van der Waals surface area contributed by atoms with Crippen molar-refractivity contribution in [2.24, 2.45) is 5.84 Å². The number of nitrogen functional groups attached to an aromatic ring is 1. The molecule has 0 amide bonds. The zero-order valence-corrected chi connectivity index (χ0v) is 13.7. The van der Waals surface area contributed by atoms with Crippen LogP contribution in [0.25, 0.3) is 22.5 Å². The number of aromatic nitrogens is 3. The van der Waals surface area contributed by atoms with Crippen LogP contribution >= 0.6 is 0 Å². The summed E-state index contributed by atoms with van der Waals surface area (Å²) < 4.78 is 1.52. The minimum absolute atomic E-state index is 0.128. The van der Waals surface area contributed by atoms with Crippen molar-refractivity contribution in [3.8, 4) is 22.5 Å².